The van der Waals surface area contributed by atoms with E-state index in [0.29, 0.717) is 18.0 Å². The van der Waals surface area contributed by atoms with E-state index in [1.54, 1.807) is 0 Å². The Hall–Kier alpha value is -0.910. The van der Waals surface area contributed by atoms with Gasteiger partial charge in [-0.3, -0.25) is 4.21 Å². The van der Waals surface area contributed by atoms with Crippen molar-refractivity contribution in [1.29, 1.82) is 0 Å². The molecule has 19 heavy (non-hydrogen) atoms. The van der Waals surface area contributed by atoms with E-state index in [2.05, 4.69) is 6.92 Å². The molecule has 4 nitrogen and oxygen atoms in total. The molecular weight excluding hydrogens is 262 g/mol. The Kier molecular flexibility index (Phi) is 7.70. The minimum absolute atomic E-state index is 0.148. The quantitative estimate of drug-likeness (QED) is 0.720. The van der Waals surface area contributed by atoms with Crippen LogP contribution < -0.4 is 10.5 Å². The van der Waals surface area contributed by atoms with Gasteiger partial charge in [0.15, 0.2) is 0 Å². The van der Waals surface area contributed by atoms with Crippen molar-refractivity contribution < 1.29 is 14.1 Å². The van der Waals surface area contributed by atoms with Gasteiger partial charge >= 0.3 is 0 Å². The molecule has 0 aliphatic carbocycles. The van der Waals surface area contributed by atoms with Crippen molar-refractivity contribution in [3.05, 3.63) is 29.8 Å². The summed E-state index contributed by atoms with van der Waals surface area (Å²) in [6.45, 7) is 2.60. The van der Waals surface area contributed by atoms with E-state index in [0.717, 1.165) is 18.4 Å². The molecule has 1 aromatic carbocycles. The minimum atomic E-state index is -0.970. The van der Waals surface area contributed by atoms with E-state index < -0.39 is 16.9 Å². The van der Waals surface area contributed by atoms with E-state index in [9.17, 15) is 9.32 Å². The smallest absolute Gasteiger partial charge is 0.123 e. The summed E-state index contributed by atoms with van der Waals surface area (Å²) >= 11 is 0. The van der Waals surface area contributed by atoms with Crippen LogP contribution in [0.25, 0.3) is 0 Å². The van der Waals surface area contributed by atoms with Crippen LogP contribution in [0, 0.1) is 0 Å². The first kappa shape index (κ1) is 16.1. The minimum Gasteiger partial charge on any atom is -0.491 e. The molecule has 0 heterocycles. The Labute approximate surface area is 117 Å². The van der Waals surface area contributed by atoms with Gasteiger partial charge in [0.1, 0.15) is 12.4 Å². The predicted molar refractivity (Wildman–Crippen MR) is 78.6 cm³/mol. The summed E-state index contributed by atoms with van der Waals surface area (Å²) in [6.07, 6.45) is 1.24. The van der Waals surface area contributed by atoms with Crippen molar-refractivity contribution in [2.45, 2.75) is 32.4 Å². The van der Waals surface area contributed by atoms with Crippen molar-refractivity contribution >= 4 is 10.8 Å². The van der Waals surface area contributed by atoms with Gasteiger partial charge in [-0.1, -0.05) is 31.5 Å². The predicted octanol–water partition coefficient (Wildman–Crippen LogP) is 1.43. The zero-order chi connectivity index (χ0) is 14.1. The van der Waals surface area contributed by atoms with Gasteiger partial charge in [-0.15, -0.1) is 0 Å². The highest BCUT2D eigenvalue weighted by molar-refractivity contribution is 7.85. The fourth-order valence-electron chi connectivity index (χ4n) is 1.65. The molecule has 5 heteroatoms. The average molecular weight is 285 g/mol. The number of para-hydroxylation sites is 1. The van der Waals surface area contributed by atoms with Crippen LogP contribution in [0.4, 0.5) is 0 Å². The molecule has 0 aliphatic rings. The van der Waals surface area contributed by atoms with Gasteiger partial charge in [0, 0.05) is 28.7 Å². The lowest BCUT2D eigenvalue weighted by atomic mass is 10.2. The fraction of sp³-hybridized carbons (Fsp3) is 0.571. The van der Waals surface area contributed by atoms with Gasteiger partial charge < -0.3 is 15.6 Å². The molecule has 0 saturated carbocycles. The largest absolute Gasteiger partial charge is 0.491 e. The van der Waals surface area contributed by atoms with Gasteiger partial charge in [-0.2, -0.15) is 0 Å². The first-order valence-corrected chi connectivity index (χ1v) is 8.10. The summed E-state index contributed by atoms with van der Waals surface area (Å²) < 4.78 is 17.2. The van der Waals surface area contributed by atoms with Crippen molar-refractivity contribution in [3.8, 4) is 5.75 Å². The molecule has 0 amide bonds. The van der Waals surface area contributed by atoms with Crippen LogP contribution >= 0.6 is 0 Å². The number of benzene rings is 1. The van der Waals surface area contributed by atoms with E-state index in [4.69, 9.17) is 10.5 Å². The molecule has 0 aromatic heterocycles. The van der Waals surface area contributed by atoms with Crippen LogP contribution in [0.3, 0.4) is 0 Å². The van der Waals surface area contributed by atoms with Crippen LogP contribution in [0.1, 0.15) is 25.3 Å². The lowest BCUT2D eigenvalue weighted by molar-refractivity contribution is 0.125. The SMILES string of the molecule is CCCCS(=O)CC(O)COc1ccccc1CN. The van der Waals surface area contributed by atoms with E-state index in [1.807, 2.05) is 24.3 Å². The second-order valence-electron chi connectivity index (χ2n) is 4.44. The Balaban J connectivity index is 2.37. The molecule has 0 fully saturated rings. The zero-order valence-corrected chi connectivity index (χ0v) is 12.2. The zero-order valence-electron chi connectivity index (χ0n) is 11.4. The molecule has 3 N–H and O–H groups in total. The molecule has 0 spiro atoms. The third kappa shape index (κ3) is 6.18. The molecule has 0 radical (unpaired) electrons. The number of aliphatic hydroxyl groups excluding tert-OH is 1. The van der Waals surface area contributed by atoms with E-state index in [-0.39, 0.29) is 12.4 Å². The third-order valence-electron chi connectivity index (χ3n) is 2.73. The highest BCUT2D eigenvalue weighted by Crippen LogP contribution is 2.17. The van der Waals surface area contributed by atoms with Crippen molar-refractivity contribution in [2.75, 3.05) is 18.1 Å². The summed E-state index contributed by atoms with van der Waals surface area (Å²) in [4.78, 5) is 0. The summed E-state index contributed by atoms with van der Waals surface area (Å²) in [5.41, 5.74) is 6.51. The first-order valence-electron chi connectivity index (χ1n) is 6.61. The third-order valence-corrected chi connectivity index (χ3v) is 4.23. The van der Waals surface area contributed by atoms with Gasteiger partial charge in [0.25, 0.3) is 0 Å². The monoisotopic (exact) mass is 285 g/mol. The fourth-order valence-corrected chi connectivity index (χ4v) is 2.95. The van der Waals surface area contributed by atoms with Gasteiger partial charge in [0.2, 0.25) is 0 Å². The summed E-state index contributed by atoms with van der Waals surface area (Å²) in [5, 5.41) is 9.79. The molecule has 1 rings (SSSR count). The molecular formula is C14H23NO3S. The van der Waals surface area contributed by atoms with Crippen molar-refractivity contribution in [2.24, 2.45) is 5.73 Å². The number of rotatable bonds is 9. The van der Waals surface area contributed by atoms with Crippen LogP contribution in [0.5, 0.6) is 5.75 Å². The number of ether oxygens (including phenoxy) is 1. The number of hydrogen-bond donors (Lipinski definition) is 2. The number of unbranched alkanes of at least 4 members (excludes halogenated alkanes) is 1. The van der Waals surface area contributed by atoms with Gasteiger partial charge in [0.05, 0.1) is 11.9 Å². The summed E-state index contributed by atoms with van der Waals surface area (Å²) in [5.74, 6) is 1.60. The maximum Gasteiger partial charge on any atom is 0.123 e. The Morgan fingerprint density at radius 1 is 1.42 bits per heavy atom. The second kappa shape index (κ2) is 9.07. The van der Waals surface area contributed by atoms with Crippen LogP contribution in [0.15, 0.2) is 24.3 Å². The number of aliphatic hydroxyl groups is 1. The highest BCUT2D eigenvalue weighted by Gasteiger charge is 2.11. The van der Waals surface area contributed by atoms with Crippen LogP contribution in [-0.4, -0.2) is 33.5 Å². The maximum atomic E-state index is 11.6. The van der Waals surface area contributed by atoms with Gasteiger partial charge in [-0.05, 0) is 12.5 Å². The van der Waals surface area contributed by atoms with Crippen LogP contribution in [-0.2, 0) is 17.3 Å². The molecule has 0 saturated heterocycles. The normalized spacial score (nSPS) is 14.1. The molecule has 1 aromatic rings. The average Bonchev–Trinajstić information content (AvgIpc) is 2.43. The standard InChI is InChI=1S/C14H23NO3S/c1-2-3-8-19(17)11-13(16)10-18-14-7-5-4-6-12(14)9-15/h4-7,13,16H,2-3,8-11,15H2,1H3. The summed E-state index contributed by atoms with van der Waals surface area (Å²) in [6, 6.07) is 7.47. The molecule has 0 bridgehead atoms. The van der Waals surface area contributed by atoms with Gasteiger partial charge in [-0.25, -0.2) is 0 Å². The number of hydrogen-bond acceptors (Lipinski definition) is 4. The van der Waals surface area contributed by atoms with Crippen LogP contribution in [0.2, 0.25) is 0 Å². The Morgan fingerprint density at radius 2 is 2.16 bits per heavy atom. The van der Waals surface area contributed by atoms with E-state index in [1.165, 1.54) is 0 Å². The Morgan fingerprint density at radius 3 is 2.84 bits per heavy atom. The summed E-state index contributed by atoms with van der Waals surface area (Å²) in [7, 11) is -0.970. The van der Waals surface area contributed by atoms with Crippen molar-refractivity contribution in [3.63, 3.8) is 0 Å². The maximum absolute atomic E-state index is 11.6. The second-order valence-corrected chi connectivity index (χ2v) is 6.06. The molecule has 2 unspecified atom stereocenters. The number of nitrogens with two attached hydrogens (primary N) is 1. The molecule has 0 aliphatic heterocycles. The molecule has 2 atom stereocenters. The lowest BCUT2D eigenvalue weighted by Gasteiger charge is -2.14. The molecule has 108 valence electrons. The van der Waals surface area contributed by atoms with Crippen molar-refractivity contribution in [1.82, 2.24) is 0 Å². The topological polar surface area (TPSA) is 72.5 Å². The highest BCUT2D eigenvalue weighted by atomic mass is 32.2. The lowest BCUT2D eigenvalue weighted by Crippen LogP contribution is -2.25. The first-order chi connectivity index (χ1) is 9.17. The Bertz CT molecular complexity index is 398. The van der Waals surface area contributed by atoms with E-state index >= 15 is 0 Å².